The summed E-state index contributed by atoms with van der Waals surface area (Å²) in [4.78, 5) is 29.3. The largest absolute Gasteiger partial charge is 0.444 e. The van der Waals surface area contributed by atoms with Crippen molar-refractivity contribution in [2.24, 2.45) is 5.92 Å². The fourth-order valence-corrected chi connectivity index (χ4v) is 4.44. The molecule has 1 N–H and O–H groups in total. The number of likely N-dealkylation sites (tertiary alicyclic amines) is 2. The van der Waals surface area contributed by atoms with E-state index in [1.807, 2.05) is 39.1 Å². The van der Waals surface area contributed by atoms with Gasteiger partial charge in [0.1, 0.15) is 11.3 Å². The zero-order valence-electron chi connectivity index (χ0n) is 19.7. The third kappa shape index (κ3) is 6.99. The number of amides is 2. The van der Waals surface area contributed by atoms with E-state index in [4.69, 9.17) is 4.74 Å². The van der Waals surface area contributed by atoms with E-state index in [2.05, 4.69) is 21.7 Å². The van der Waals surface area contributed by atoms with E-state index in [-0.39, 0.29) is 18.0 Å². The second kappa shape index (κ2) is 10.5. The highest BCUT2D eigenvalue weighted by molar-refractivity contribution is 5.92. The predicted molar refractivity (Wildman–Crippen MR) is 122 cm³/mol. The van der Waals surface area contributed by atoms with Gasteiger partial charge in [-0.1, -0.05) is 6.92 Å². The highest BCUT2D eigenvalue weighted by Crippen LogP contribution is 2.25. The van der Waals surface area contributed by atoms with Crippen LogP contribution in [-0.4, -0.2) is 71.2 Å². The number of ether oxygens (including phenoxy) is 1. The fraction of sp³-hybridized carbons (Fsp3) is 0.750. The molecule has 1 aromatic heterocycles. The van der Waals surface area contributed by atoms with Crippen molar-refractivity contribution in [3.63, 3.8) is 0 Å². The molecule has 2 amide bonds. The van der Waals surface area contributed by atoms with Gasteiger partial charge in [-0.2, -0.15) is 0 Å². The molecule has 7 nitrogen and oxygen atoms in total. The Bertz CT molecular complexity index is 723. The van der Waals surface area contributed by atoms with Crippen molar-refractivity contribution in [3.05, 3.63) is 24.0 Å². The van der Waals surface area contributed by atoms with Crippen molar-refractivity contribution in [2.75, 3.05) is 39.3 Å². The van der Waals surface area contributed by atoms with Crippen molar-refractivity contribution < 1.29 is 14.3 Å². The smallest absolute Gasteiger partial charge is 0.410 e. The van der Waals surface area contributed by atoms with Crippen LogP contribution in [0.4, 0.5) is 4.79 Å². The van der Waals surface area contributed by atoms with E-state index in [0.717, 1.165) is 31.7 Å². The molecule has 31 heavy (non-hydrogen) atoms. The lowest BCUT2D eigenvalue weighted by atomic mass is 9.99. The molecular weight excluding hydrogens is 392 g/mol. The molecule has 0 bridgehead atoms. The highest BCUT2D eigenvalue weighted by Gasteiger charge is 2.28. The summed E-state index contributed by atoms with van der Waals surface area (Å²) in [5.74, 6) is 0.839. The first-order valence-electron chi connectivity index (χ1n) is 11.9. The van der Waals surface area contributed by atoms with Crippen LogP contribution >= 0.6 is 0 Å². The van der Waals surface area contributed by atoms with E-state index < -0.39 is 5.60 Å². The predicted octanol–water partition coefficient (Wildman–Crippen LogP) is 3.91. The number of carbonyl (C=O) groups is 2. The Labute approximate surface area is 187 Å². The zero-order chi connectivity index (χ0) is 22.4. The Morgan fingerprint density at radius 2 is 1.77 bits per heavy atom. The Kier molecular flexibility index (Phi) is 8.03. The standard InChI is InChI=1S/C24H40N4O3/c1-19-8-15-26(16-9-19)13-6-12-25-22(29)21-7-5-14-28(21)20-10-17-27(18-11-20)23(30)31-24(2,3)4/h5,7,14,19-20H,6,8-13,15-18H2,1-4H3,(H,25,29). The van der Waals surface area contributed by atoms with Gasteiger partial charge in [0, 0.05) is 31.9 Å². The summed E-state index contributed by atoms with van der Waals surface area (Å²) in [5.41, 5.74) is 0.231. The summed E-state index contributed by atoms with van der Waals surface area (Å²) >= 11 is 0. The minimum Gasteiger partial charge on any atom is -0.444 e. The van der Waals surface area contributed by atoms with Crippen LogP contribution in [0.25, 0.3) is 0 Å². The van der Waals surface area contributed by atoms with Crippen molar-refractivity contribution in [2.45, 2.75) is 71.4 Å². The Balaban J connectivity index is 1.43. The number of rotatable bonds is 6. The molecular formula is C24H40N4O3. The number of hydrogen-bond donors (Lipinski definition) is 1. The minimum atomic E-state index is -0.480. The van der Waals surface area contributed by atoms with Gasteiger partial charge in [-0.05, 0) is 90.6 Å². The Morgan fingerprint density at radius 3 is 2.42 bits per heavy atom. The van der Waals surface area contributed by atoms with Crippen molar-refractivity contribution >= 4 is 12.0 Å². The molecule has 0 spiro atoms. The Morgan fingerprint density at radius 1 is 1.10 bits per heavy atom. The number of carbonyl (C=O) groups excluding carboxylic acids is 2. The van der Waals surface area contributed by atoms with E-state index in [0.29, 0.717) is 25.3 Å². The maximum Gasteiger partial charge on any atom is 0.410 e. The average Bonchev–Trinajstić information content (AvgIpc) is 3.21. The van der Waals surface area contributed by atoms with E-state index in [1.54, 1.807) is 4.90 Å². The molecule has 2 saturated heterocycles. The van der Waals surface area contributed by atoms with Crippen LogP contribution in [0.2, 0.25) is 0 Å². The lowest BCUT2D eigenvalue weighted by Crippen LogP contribution is -2.42. The minimum absolute atomic E-state index is 0.00756. The quantitative estimate of drug-likeness (QED) is 0.692. The molecule has 2 aliphatic rings. The van der Waals surface area contributed by atoms with Crippen LogP contribution < -0.4 is 5.32 Å². The molecule has 0 aliphatic carbocycles. The van der Waals surface area contributed by atoms with Gasteiger partial charge >= 0.3 is 6.09 Å². The van der Waals surface area contributed by atoms with Gasteiger partial charge in [0.15, 0.2) is 0 Å². The van der Waals surface area contributed by atoms with E-state index in [1.165, 1.54) is 25.9 Å². The molecule has 2 fully saturated rings. The molecule has 2 aliphatic heterocycles. The van der Waals surface area contributed by atoms with Gasteiger partial charge in [0.2, 0.25) is 0 Å². The van der Waals surface area contributed by atoms with Gasteiger partial charge in [-0.15, -0.1) is 0 Å². The Hall–Kier alpha value is -2.02. The number of piperidine rings is 2. The second-order valence-corrected chi connectivity index (χ2v) is 10.1. The molecule has 174 valence electrons. The average molecular weight is 433 g/mol. The zero-order valence-corrected chi connectivity index (χ0v) is 19.7. The molecule has 0 radical (unpaired) electrons. The normalized spacial score (nSPS) is 19.4. The van der Waals surface area contributed by atoms with Crippen molar-refractivity contribution in [3.8, 4) is 0 Å². The summed E-state index contributed by atoms with van der Waals surface area (Å²) in [7, 11) is 0. The first-order chi connectivity index (χ1) is 14.7. The highest BCUT2D eigenvalue weighted by atomic mass is 16.6. The first-order valence-corrected chi connectivity index (χ1v) is 11.9. The second-order valence-electron chi connectivity index (χ2n) is 10.1. The summed E-state index contributed by atoms with van der Waals surface area (Å²) in [6.45, 7) is 13.4. The maximum absolute atomic E-state index is 12.8. The van der Waals surface area contributed by atoms with Crippen LogP contribution in [0.15, 0.2) is 18.3 Å². The monoisotopic (exact) mass is 432 g/mol. The van der Waals surface area contributed by atoms with Gasteiger partial charge in [-0.25, -0.2) is 4.79 Å². The van der Waals surface area contributed by atoms with Gasteiger partial charge in [-0.3, -0.25) is 4.79 Å². The third-order valence-corrected chi connectivity index (χ3v) is 6.33. The van der Waals surface area contributed by atoms with Gasteiger partial charge in [0.05, 0.1) is 0 Å². The SMILES string of the molecule is CC1CCN(CCCNC(=O)c2cccn2C2CCN(C(=O)OC(C)(C)C)CC2)CC1. The van der Waals surface area contributed by atoms with Crippen LogP contribution in [0.5, 0.6) is 0 Å². The van der Waals surface area contributed by atoms with Crippen LogP contribution in [0.3, 0.4) is 0 Å². The van der Waals surface area contributed by atoms with Crippen LogP contribution in [-0.2, 0) is 4.74 Å². The van der Waals surface area contributed by atoms with Crippen LogP contribution in [0, 0.1) is 5.92 Å². The molecule has 1 aromatic rings. The van der Waals surface area contributed by atoms with Crippen molar-refractivity contribution in [1.29, 1.82) is 0 Å². The van der Waals surface area contributed by atoms with E-state index in [9.17, 15) is 9.59 Å². The summed E-state index contributed by atoms with van der Waals surface area (Å²) in [6, 6.07) is 4.05. The number of nitrogens with zero attached hydrogens (tertiary/aromatic N) is 3. The van der Waals surface area contributed by atoms with Gasteiger partial charge in [0.25, 0.3) is 5.91 Å². The number of nitrogens with one attached hydrogen (secondary N) is 1. The topological polar surface area (TPSA) is 66.8 Å². The lowest BCUT2D eigenvalue weighted by molar-refractivity contribution is 0.0187. The summed E-state index contributed by atoms with van der Waals surface area (Å²) in [5, 5.41) is 3.09. The first kappa shape index (κ1) is 23.6. The molecule has 0 aromatic carbocycles. The number of hydrogen-bond acceptors (Lipinski definition) is 4. The maximum atomic E-state index is 12.8. The molecule has 7 heteroatoms. The fourth-order valence-electron chi connectivity index (χ4n) is 4.44. The summed E-state index contributed by atoms with van der Waals surface area (Å²) in [6.07, 6.45) is 6.93. The van der Waals surface area contributed by atoms with Crippen molar-refractivity contribution in [1.82, 2.24) is 19.7 Å². The molecule has 3 rings (SSSR count). The molecule has 3 heterocycles. The lowest BCUT2D eigenvalue weighted by Gasteiger charge is -2.34. The summed E-state index contributed by atoms with van der Waals surface area (Å²) < 4.78 is 7.56. The number of aromatic nitrogens is 1. The molecule has 0 atom stereocenters. The molecule has 0 unspecified atom stereocenters. The van der Waals surface area contributed by atoms with Gasteiger partial charge < -0.3 is 24.4 Å². The third-order valence-electron chi connectivity index (χ3n) is 6.33. The van der Waals surface area contributed by atoms with Crippen LogP contribution in [0.1, 0.15) is 76.3 Å². The van der Waals surface area contributed by atoms with E-state index >= 15 is 0 Å². The molecule has 0 saturated carbocycles.